The Kier molecular flexibility index (Phi) is 7.15. The van der Waals surface area contributed by atoms with Crippen LogP contribution in [0.25, 0.3) is 11.1 Å². The topological polar surface area (TPSA) is 105 Å². The van der Waals surface area contributed by atoms with Gasteiger partial charge in [0.1, 0.15) is 6.61 Å². The molecule has 0 aliphatic heterocycles. The third-order valence-corrected chi connectivity index (χ3v) is 6.37. The summed E-state index contributed by atoms with van der Waals surface area (Å²) in [6.07, 6.45) is -0.114. The fourth-order valence-electron chi connectivity index (χ4n) is 4.37. The Morgan fingerprint density at radius 1 is 0.971 bits per heavy atom. The average Bonchev–Trinajstić information content (AvgIpc) is 3.17. The number of carboxylic acids is 1. The van der Waals surface area contributed by atoms with E-state index >= 15 is 0 Å². The molecule has 3 N–H and O–H groups in total. The van der Waals surface area contributed by atoms with Gasteiger partial charge in [0.2, 0.25) is 5.91 Å². The number of carboxylic acid groups (broad SMARTS) is 1. The van der Waals surface area contributed by atoms with Crippen LogP contribution in [0.4, 0.5) is 10.5 Å². The van der Waals surface area contributed by atoms with Crippen LogP contribution >= 0.6 is 0 Å². The van der Waals surface area contributed by atoms with Gasteiger partial charge in [-0.25, -0.2) is 9.59 Å². The molecule has 4 rings (SSSR count). The maximum Gasteiger partial charge on any atom is 0.407 e. The summed E-state index contributed by atoms with van der Waals surface area (Å²) in [7, 11) is 0. The van der Waals surface area contributed by atoms with E-state index in [-0.39, 0.29) is 30.5 Å². The van der Waals surface area contributed by atoms with E-state index in [1.807, 2.05) is 24.3 Å². The molecule has 1 unspecified atom stereocenters. The van der Waals surface area contributed by atoms with Gasteiger partial charge in [-0.3, -0.25) is 4.79 Å². The van der Waals surface area contributed by atoms with E-state index in [9.17, 15) is 19.5 Å². The minimum absolute atomic E-state index is 0.0111. The molecule has 0 saturated heterocycles. The van der Waals surface area contributed by atoms with Crippen molar-refractivity contribution in [2.45, 2.75) is 26.2 Å². The maximum absolute atomic E-state index is 12.5. The fourth-order valence-corrected chi connectivity index (χ4v) is 4.37. The van der Waals surface area contributed by atoms with Gasteiger partial charge in [-0.15, -0.1) is 0 Å². The number of amides is 2. The van der Waals surface area contributed by atoms with E-state index in [2.05, 4.69) is 34.9 Å². The summed E-state index contributed by atoms with van der Waals surface area (Å²) < 4.78 is 5.52. The molecule has 0 radical (unpaired) electrons. The Morgan fingerprint density at radius 3 is 2.23 bits per heavy atom. The quantitative estimate of drug-likeness (QED) is 0.418. The summed E-state index contributed by atoms with van der Waals surface area (Å²) in [6, 6.07) is 21.1. The highest BCUT2D eigenvalue weighted by Crippen LogP contribution is 2.44. The molecule has 1 aliphatic carbocycles. The summed E-state index contributed by atoms with van der Waals surface area (Å²) in [6.45, 7) is 3.96. The normalized spacial score (nSPS) is 12.9. The largest absolute Gasteiger partial charge is 0.478 e. The molecule has 0 bridgehead atoms. The number of hydrogen-bond acceptors (Lipinski definition) is 4. The van der Waals surface area contributed by atoms with Crippen LogP contribution in [0.15, 0.2) is 66.7 Å². The number of carbonyl (C=O) groups excluding carboxylic acids is 2. The summed E-state index contributed by atoms with van der Waals surface area (Å²) in [5.41, 5.74) is 5.82. The molecule has 0 fully saturated rings. The van der Waals surface area contributed by atoms with E-state index in [0.717, 1.165) is 11.1 Å². The van der Waals surface area contributed by atoms with E-state index in [1.54, 1.807) is 26.0 Å². The van der Waals surface area contributed by atoms with Crippen LogP contribution in [0.2, 0.25) is 0 Å². The molecule has 3 aromatic carbocycles. The number of fused-ring (bicyclic) bond motifs is 3. The average molecular weight is 473 g/mol. The number of alkyl carbamates (subject to hydrolysis) is 1. The zero-order chi connectivity index (χ0) is 24.9. The summed E-state index contributed by atoms with van der Waals surface area (Å²) in [5.74, 6) is -1.69. The van der Waals surface area contributed by atoms with Gasteiger partial charge in [0.25, 0.3) is 0 Å². The zero-order valence-corrected chi connectivity index (χ0v) is 19.7. The number of rotatable bonds is 8. The van der Waals surface area contributed by atoms with E-state index < -0.39 is 18.0 Å². The van der Waals surface area contributed by atoms with Crippen molar-refractivity contribution in [1.29, 1.82) is 0 Å². The molecule has 7 nitrogen and oxygen atoms in total. The molecule has 35 heavy (non-hydrogen) atoms. The van der Waals surface area contributed by atoms with Crippen molar-refractivity contribution in [1.82, 2.24) is 5.32 Å². The van der Waals surface area contributed by atoms with Gasteiger partial charge in [-0.05, 0) is 53.3 Å². The number of nitrogens with one attached hydrogen (secondary N) is 2. The molecule has 7 heteroatoms. The minimum Gasteiger partial charge on any atom is -0.478 e. The number of aromatic carboxylic acids is 1. The van der Waals surface area contributed by atoms with Gasteiger partial charge in [0.15, 0.2) is 0 Å². The highest BCUT2D eigenvalue weighted by atomic mass is 16.5. The Labute approximate surface area is 204 Å². The van der Waals surface area contributed by atoms with Crippen molar-refractivity contribution in [3.63, 3.8) is 0 Å². The molecule has 1 atom stereocenters. The highest BCUT2D eigenvalue weighted by molar-refractivity contribution is 5.95. The first-order valence-corrected chi connectivity index (χ1v) is 11.6. The molecule has 0 heterocycles. The predicted molar refractivity (Wildman–Crippen MR) is 134 cm³/mol. The van der Waals surface area contributed by atoms with Crippen molar-refractivity contribution in [3.05, 3.63) is 89.0 Å². The van der Waals surface area contributed by atoms with Gasteiger partial charge in [-0.1, -0.05) is 61.5 Å². The first-order chi connectivity index (χ1) is 16.8. The van der Waals surface area contributed by atoms with Crippen LogP contribution in [-0.4, -0.2) is 36.2 Å². The molecule has 1 aliphatic rings. The van der Waals surface area contributed by atoms with Crippen molar-refractivity contribution < 1.29 is 24.2 Å². The molecule has 0 aromatic heterocycles. The highest BCUT2D eigenvalue weighted by Gasteiger charge is 2.29. The summed E-state index contributed by atoms with van der Waals surface area (Å²) in [4.78, 5) is 36.1. The van der Waals surface area contributed by atoms with Crippen LogP contribution in [-0.2, 0) is 9.53 Å². The van der Waals surface area contributed by atoms with Crippen LogP contribution in [0, 0.1) is 12.8 Å². The molecular formula is C28H28N2O5. The van der Waals surface area contributed by atoms with Crippen LogP contribution in [0.3, 0.4) is 0 Å². The number of anilines is 1. The lowest BCUT2D eigenvalue weighted by Crippen LogP contribution is -2.30. The second-order valence-electron chi connectivity index (χ2n) is 8.77. The Balaban J connectivity index is 1.25. The molecule has 3 aromatic rings. The second kappa shape index (κ2) is 10.4. The minimum atomic E-state index is -1.04. The van der Waals surface area contributed by atoms with E-state index in [0.29, 0.717) is 17.7 Å². The summed E-state index contributed by atoms with van der Waals surface area (Å²) >= 11 is 0. The predicted octanol–water partition coefficient (Wildman–Crippen LogP) is 5.20. The van der Waals surface area contributed by atoms with Crippen LogP contribution in [0.1, 0.15) is 46.3 Å². The first kappa shape index (κ1) is 24.0. The monoisotopic (exact) mass is 472 g/mol. The van der Waals surface area contributed by atoms with Crippen LogP contribution in [0.5, 0.6) is 0 Å². The first-order valence-electron chi connectivity index (χ1n) is 11.6. The third-order valence-electron chi connectivity index (χ3n) is 6.37. The van der Waals surface area contributed by atoms with Crippen molar-refractivity contribution in [3.8, 4) is 11.1 Å². The van der Waals surface area contributed by atoms with Gasteiger partial charge >= 0.3 is 12.1 Å². The summed E-state index contributed by atoms with van der Waals surface area (Å²) in [5, 5.41) is 14.7. The number of carbonyl (C=O) groups is 3. The Morgan fingerprint density at radius 2 is 1.60 bits per heavy atom. The van der Waals surface area contributed by atoms with Crippen molar-refractivity contribution in [2.75, 3.05) is 18.5 Å². The molecular weight excluding hydrogens is 444 g/mol. The third kappa shape index (κ3) is 5.35. The van der Waals surface area contributed by atoms with Gasteiger partial charge in [0, 0.05) is 24.1 Å². The SMILES string of the molecule is Cc1ccc(NC(=O)C(C)CCNC(=O)OCC2c3ccccc3-c3ccccc32)cc1C(=O)O. The Bertz CT molecular complexity index is 1220. The second-order valence-corrected chi connectivity index (χ2v) is 8.77. The molecule has 2 amide bonds. The van der Waals surface area contributed by atoms with E-state index in [4.69, 9.17) is 4.74 Å². The lowest BCUT2D eigenvalue weighted by molar-refractivity contribution is -0.119. The van der Waals surface area contributed by atoms with Gasteiger partial charge in [0.05, 0.1) is 5.56 Å². The van der Waals surface area contributed by atoms with Gasteiger partial charge < -0.3 is 20.5 Å². The number of aryl methyl sites for hydroxylation is 1. The maximum atomic E-state index is 12.5. The molecule has 180 valence electrons. The lowest BCUT2D eigenvalue weighted by Gasteiger charge is -2.16. The standard InChI is InChI=1S/C28H28N2O5/c1-17-11-12-19(15-24(17)27(32)33)30-26(31)18(2)13-14-29-28(34)35-16-25-22-9-5-3-7-20(22)21-8-4-6-10-23(21)25/h3-12,15,18,25H,13-14,16H2,1-2H3,(H,29,34)(H,30,31)(H,32,33). The Hall–Kier alpha value is -4.13. The lowest BCUT2D eigenvalue weighted by atomic mass is 9.98. The van der Waals surface area contributed by atoms with Crippen molar-refractivity contribution >= 4 is 23.7 Å². The van der Waals surface area contributed by atoms with Crippen LogP contribution < -0.4 is 10.6 Å². The fraction of sp³-hybridized carbons (Fsp3) is 0.250. The smallest absolute Gasteiger partial charge is 0.407 e. The molecule has 0 spiro atoms. The number of hydrogen-bond donors (Lipinski definition) is 3. The zero-order valence-electron chi connectivity index (χ0n) is 19.7. The van der Waals surface area contributed by atoms with Crippen molar-refractivity contribution in [2.24, 2.45) is 5.92 Å². The number of ether oxygens (including phenoxy) is 1. The number of benzene rings is 3. The molecule has 0 saturated carbocycles. The van der Waals surface area contributed by atoms with Gasteiger partial charge in [-0.2, -0.15) is 0 Å². The van der Waals surface area contributed by atoms with E-state index in [1.165, 1.54) is 17.2 Å².